The van der Waals surface area contributed by atoms with Gasteiger partial charge in [0.2, 0.25) is 0 Å². The number of benzene rings is 1. The number of fused-ring (bicyclic) bond motifs is 1. The third-order valence-electron chi connectivity index (χ3n) is 5.01. The van der Waals surface area contributed by atoms with E-state index in [1.165, 1.54) is 7.11 Å². The van der Waals surface area contributed by atoms with Gasteiger partial charge in [-0.15, -0.1) is 0 Å². The van der Waals surface area contributed by atoms with Gasteiger partial charge in [-0.1, -0.05) is 20.8 Å². The van der Waals surface area contributed by atoms with Crippen LogP contribution in [-0.4, -0.2) is 69.3 Å². The largest absolute Gasteiger partial charge is 0.492 e. The number of H-pyrrole nitrogens is 1. The van der Waals surface area contributed by atoms with E-state index in [9.17, 15) is 9.59 Å². The van der Waals surface area contributed by atoms with Crippen molar-refractivity contribution in [3.05, 3.63) is 23.9 Å². The first-order valence-corrected chi connectivity index (χ1v) is 10.1. The molecule has 166 valence electrons. The maximum atomic E-state index is 12.9. The van der Waals surface area contributed by atoms with Crippen LogP contribution in [0.4, 0.5) is 10.5 Å². The van der Waals surface area contributed by atoms with E-state index < -0.39 is 11.5 Å². The molecule has 1 heterocycles. The summed E-state index contributed by atoms with van der Waals surface area (Å²) in [7, 11) is 5.47. The van der Waals surface area contributed by atoms with Crippen LogP contribution >= 0.6 is 0 Å². The summed E-state index contributed by atoms with van der Waals surface area (Å²) in [5, 5.41) is 3.52. The van der Waals surface area contributed by atoms with Crippen molar-refractivity contribution < 1.29 is 23.8 Å². The van der Waals surface area contributed by atoms with E-state index in [2.05, 4.69) is 10.3 Å². The first-order valence-electron chi connectivity index (χ1n) is 10.1. The molecular formula is C22H33N3O5. The van der Waals surface area contributed by atoms with Crippen LogP contribution < -0.4 is 10.1 Å². The number of methoxy groups -OCH3 is 1. The Morgan fingerprint density at radius 1 is 1.13 bits per heavy atom. The number of nitrogens with one attached hydrogen (secondary N) is 2. The van der Waals surface area contributed by atoms with Gasteiger partial charge in [0.1, 0.15) is 19.0 Å². The molecule has 8 heteroatoms. The Bertz CT molecular complexity index is 873. The van der Waals surface area contributed by atoms with Gasteiger partial charge in [-0.2, -0.15) is 0 Å². The minimum Gasteiger partial charge on any atom is -0.492 e. The smallest absolute Gasteiger partial charge is 0.411 e. The first-order chi connectivity index (χ1) is 14.2. The van der Waals surface area contributed by atoms with E-state index >= 15 is 0 Å². The normalized spacial score (nSPS) is 11.7. The Morgan fingerprint density at radius 3 is 2.50 bits per heavy atom. The summed E-state index contributed by atoms with van der Waals surface area (Å²) in [6, 6.07) is 5.39. The van der Waals surface area contributed by atoms with E-state index in [0.29, 0.717) is 35.9 Å². The molecule has 0 saturated carbocycles. The van der Waals surface area contributed by atoms with Crippen molar-refractivity contribution >= 4 is 28.5 Å². The van der Waals surface area contributed by atoms with Gasteiger partial charge in [0.05, 0.1) is 23.5 Å². The highest BCUT2D eigenvalue weighted by Gasteiger charge is 2.28. The molecule has 1 aromatic heterocycles. The first kappa shape index (κ1) is 23.7. The van der Waals surface area contributed by atoms with E-state index in [4.69, 9.17) is 14.2 Å². The van der Waals surface area contributed by atoms with Gasteiger partial charge < -0.3 is 24.1 Å². The number of likely N-dealkylation sites (N-methyl/N-ethyl adjacent to an activating group) is 1. The molecule has 0 aliphatic heterocycles. The summed E-state index contributed by atoms with van der Waals surface area (Å²) in [5.41, 5.74) is 1.15. The lowest BCUT2D eigenvalue weighted by molar-refractivity contribution is 0.0828. The molecule has 0 unspecified atom stereocenters. The van der Waals surface area contributed by atoms with Crippen LogP contribution in [0.1, 0.15) is 37.7 Å². The molecule has 1 aromatic carbocycles. The van der Waals surface area contributed by atoms with Gasteiger partial charge in [0.15, 0.2) is 5.78 Å². The minimum absolute atomic E-state index is 0.0184. The number of carbonyl (C=O) groups is 2. The Kier molecular flexibility index (Phi) is 8.25. The zero-order valence-corrected chi connectivity index (χ0v) is 18.8. The van der Waals surface area contributed by atoms with E-state index in [-0.39, 0.29) is 12.4 Å². The molecule has 0 aliphatic rings. The van der Waals surface area contributed by atoms with Crippen molar-refractivity contribution in [2.45, 2.75) is 27.2 Å². The van der Waals surface area contributed by atoms with Crippen molar-refractivity contribution in [1.29, 1.82) is 0 Å². The highest BCUT2D eigenvalue weighted by atomic mass is 16.6. The summed E-state index contributed by atoms with van der Waals surface area (Å²) < 4.78 is 15.9. The number of aromatic nitrogens is 1. The molecular weight excluding hydrogens is 386 g/mol. The van der Waals surface area contributed by atoms with Crippen molar-refractivity contribution in [3.8, 4) is 5.75 Å². The lowest BCUT2D eigenvalue weighted by atomic mass is 9.84. The fraction of sp³-hybridized carbons (Fsp3) is 0.545. The molecule has 2 N–H and O–H groups in total. The summed E-state index contributed by atoms with van der Waals surface area (Å²) in [6.07, 6.45) is 0.118. The Morgan fingerprint density at radius 2 is 1.87 bits per heavy atom. The van der Waals surface area contributed by atoms with Crippen molar-refractivity contribution in [2.75, 3.05) is 52.9 Å². The number of rotatable bonds is 11. The van der Waals surface area contributed by atoms with Gasteiger partial charge >= 0.3 is 6.09 Å². The minimum atomic E-state index is -0.602. The van der Waals surface area contributed by atoms with Crippen LogP contribution in [0.2, 0.25) is 0 Å². The molecule has 2 aromatic rings. The molecule has 0 saturated heterocycles. The van der Waals surface area contributed by atoms with Crippen LogP contribution in [0, 0.1) is 5.41 Å². The predicted octanol–water partition coefficient (Wildman–Crippen LogP) is 3.92. The average molecular weight is 420 g/mol. The second-order valence-electron chi connectivity index (χ2n) is 8.09. The fourth-order valence-electron chi connectivity index (χ4n) is 2.76. The molecule has 8 nitrogen and oxygen atoms in total. The Labute approximate surface area is 177 Å². The Balaban J connectivity index is 2.36. The zero-order chi connectivity index (χ0) is 22.3. The summed E-state index contributed by atoms with van der Waals surface area (Å²) in [5.74, 6) is 0.620. The number of ketones is 1. The average Bonchev–Trinajstić information content (AvgIpc) is 3.11. The van der Waals surface area contributed by atoms with Crippen molar-refractivity contribution in [2.24, 2.45) is 5.41 Å². The van der Waals surface area contributed by atoms with Crippen molar-refractivity contribution in [1.82, 2.24) is 9.88 Å². The number of aromatic amines is 1. The molecule has 0 aliphatic carbocycles. The van der Waals surface area contributed by atoms with Gasteiger partial charge in [0.25, 0.3) is 0 Å². The summed E-state index contributed by atoms with van der Waals surface area (Å²) in [6.45, 7) is 7.52. The molecule has 1 amide bonds. The highest BCUT2D eigenvalue weighted by Crippen LogP contribution is 2.33. The number of hydrogen-bond acceptors (Lipinski definition) is 6. The Hall–Kier alpha value is -2.58. The fourth-order valence-corrected chi connectivity index (χ4v) is 2.76. The standard InChI is InChI=1S/C22H33N3O5/c1-7-22(2,3)20(26)18-13-15-12-16(29-9-8-25(4)5)14-17(19(15)23-18)24-21(27)30-11-10-28-6/h12-14,23H,7-11H2,1-6H3,(H,24,27). The maximum absolute atomic E-state index is 12.9. The lowest BCUT2D eigenvalue weighted by Gasteiger charge is -2.19. The molecule has 30 heavy (non-hydrogen) atoms. The van der Waals surface area contributed by atoms with Gasteiger partial charge in [-0.05, 0) is 32.6 Å². The van der Waals surface area contributed by atoms with Crippen LogP contribution in [0.5, 0.6) is 5.75 Å². The molecule has 2 rings (SSSR count). The third-order valence-corrected chi connectivity index (χ3v) is 5.01. The van der Waals surface area contributed by atoms with Crippen LogP contribution in [-0.2, 0) is 9.47 Å². The molecule has 0 bridgehead atoms. The summed E-state index contributed by atoms with van der Waals surface area (Å²) in [4.78, 5) is 30.3. The van der Waals surface area contributed by atoms with Crippen LogP contribution in [0.25, 0.3) is 10.9 Å². The topological polar surface area (TPSA) is 92.9 Å². The van der Waals surface area contributed by atoms with E-state index in [1.807, 2.05) is 45.8 Å². The second kappa shape index (κ2) is 10.4. The number of hydrogen-bond donors (Lipinski definition) is 2. The molecule has 0 radical (unpaired) electrons. The van der Waals surface area contributed by atoms with E-state index in [1.54, 1.807) is 12.1 Å². The SMILES string of the molecule is CCC(C)(C)C(=O)c1cc2cc(OCCN(C)C)cc(NC(=O)OCCOC)c2[nH]1. The highest BCUT2D eigenvalue weighted by molar-refractivity contribution is 6.06. The molecule has 0 fully saturated rings. The number of nitrogens with zero attached hydrogens (tertiary/aromatic N) is 1. The number of anilines is 1. The molecule has 0 spiro atoms. The number of carbonyl (C=O) groups excluding carboxylic acids is 2. The van der Waals surface area contributed by atoms with Gasteiger partial charge in [0, 0.05) is 30.5 Å². The van der Waals surface area contributed by atoms with Crippen molar-refractivity contribution in [3.63, 3.8) is 0 Å². The quantitative estimate of drug-likeness (QED) is 0.424. The lowest BCUT2D eigenvalue weighted by Crippen LogP contribution is -2.23. The monoisotopic (exact) mass is 419 g/mol. The number of Topliss-reactive ketones (excluding diaryl/α,β-unsaturated/α-hetero) is 1. The zero-order valence-electron chi connectivity index (χ0n) is 18.8. The third kappa shape index (κ3) is 6.21. The summed E-state index contributed by atoms with van der Waals surface area (Å²) >= 11 is 0. The van der Waals surface area contributed by atoms with Gasteiger partial charge in [-0.25, -0.2) is 4.79 Å². The van der Waals surface area contributed by atoms with Crippen LogP contribution in [0.15, 0.2) is 18.2 Å². The van der Waals surface area contributed by atoms with E-state index in [0.717, 1.165) is 18.4 Å². The molecule has 0 atom stereocenters. The second-order valence-corrected chi connectivity index (χ2v) is 8.09. The van der Waals surface area contributed by atoms with Gasteiger partial charge in [-0.3, -0.25) is 10.1 Å². The number of ether oxygens (including phenoxy) is 3. The predicted molar refractivity (Wildman–Crippen MR) is 118 cm³/mol. The maximum Gasteiger partial charge on any atom is 0.411 e. The number of amides is 1. The van der Waals surface area contributed by atoms with Crippen LogP contribution in [0.3, 0.4) is 0 Å².